The molecule has 0 saturated heterocycles. The van der Waals surface area contributed by atoms with Crippen molar-refractivity contribution in [3.8, 4) is 17.2 Å². The molecular formula is C22H31N3O3. The van der Waals surface area contributed by atoms with Gasteiger partial charge < -0.3 is 24.8 Å². The summed E-state index contributed by atoms with van der Waals surface area (Å²) in [6, 6.07) is 12.6. The van der Waals surface area contributed by atoms with Crippen LogP contribution in [0, 0.1) is 0 Å². The molecule has 0 unspecified atom stereocenters. The first-order chi connectivity index (χ1) is 13.6. The van der Waals surface area contributed by atoms with E-state index in [1.165, 1.54) is 11.1 Å². The quantitative estimate of drug-likeness (QED) is 0.513. The molecule has 0 amide bonds. The van der Waals surface area contributed by atoms with Gasteiger partial charge in [0.1, 0.15) is 0 Å². The van der Waals surface area contributed by atoms with E-state index in [1.54, 1.807) is 28.4 Å². The third-order valence-electron chi connectivity index (χ3n) is 4.55. The summed E-state index contributed by atoms with van der Waals surface area (Å²) >= 11 is 0. The molecule has 0 spiro atoms. The first-order valence-electron chi connectivity index (χ1n) is 9.46. The number of aryl methyl sites for hydroxylation is 1. The molecule has 0 aliphatic carbocycles. The third kappa shape index (κ3) is 5.81. The number of nitrogens with zero attached hydrogens (tertiary/aromatic N) is 1. The van der Waals surface area contributed by atoms with E-state index < -0.39 is 0 Å². The molecule has 0 saturated carbocycles. The van der Waals surface area contributed by atoms with Gasteiger partial charge in [-0.25, -0.2) is 0 Å². The number of nitrogens with one attached hydrogen (secondary N) is 2. The maximum absolute atomic E-state index is 5.40. The minimum atomic E-state index is 0.585. The lowest BCUT2D eigenvalue weighted by molar-refractivity contribution is 0.323. The molecule has 152 valence electrons. The highest BCUT2D eigenvalue weighted by Gasteiger charge is 2.13. The Bertz CT molecular complexity index is 748. The van der Waals surface area contributed by atoms with Crippen LogP contribution in [0.25, 0.3) is 0 Å². The third-order valence-corrected chi connectivity index (χ3v) is 4.55. The molecule has 2 aromatic rings. The Morgan fingerprint density at radius 3 is 1.96 bits per heavy atom. The number of methoxy groups -OCH3 is 3. The SMILES string of the molecule is CCc1ccc(CCNC(=NC)NCc2cc(OC)c(OC)c(OC)c2)cc1. The standard InChI is InChI=1S/C22H31N3O3/c1-6-16-7-9-17(10-8-16)11-12-24-22(23-2)25-15-18-13-19(26-3)21(28-5)20(14-18)27-4/h7-10,13-14H,6,11-12,15H2,1-5H3,(H2,23,24,25). The van der Waals surface area contributed by atoms with Gasteiger partial charge in [0.25, 0.3) is 0 Å². The Kier molecular flexibility index (Phi) is 8.46. The summed E-state index contributed by atoms with van der Waals surface area (Å²) in [5.74, 6) is 2.61. The van der Waals surface area contributed by atoms with Crippen LogP contribution in [0.3, 0.4) is 0 Å². The average Bonchev–Trinajstić information content (AvgIpc) is 2.75. The molecule has 0 fully saturated rings. The highest BCUT2D eigenvalue weighted by atomic mass is 16.5. The summed E-state index contributed by atoms with van der Waals surface area (Å²) in [4.78, 5) is 4.29. The first kappa shape index (κ1) is 21.4. The number of aliphatic imine (C=N–C) groups is 1. The summed E-state index contributed by atoms with van der Waals surface area (Å²) in [7, 11) is 6.59. The molecule has 0 atom stereocenters. The van der Waals surface area contributed by atoms with Gasteiger partial charge in [0, 0.05) is 20.1 Å². The van der Waals surface area contributed by atoms with Crippen molar-refractivity contribution < 1.29 is 14.2 Å². The molecule has 2 N–H and O–H groups in total. The summed E-state index contributed by atoms with van der Waals surface area (Å²) in [5, 5.41) is 6.67. The van der Waals surface area contributed by atoms with Crippen molar-refractivity contribution in [1.82, 2.24) is 10.6 Å². The van der Waals surface area contributed by atoms with Crippen LogP contribution in [0.15, 0.2) is 41.4 Å². The number of rotatable bonds is 9. The smallest absolute Gasteiger partial charge is 0.203 e. The van der Waals surface area contributed by atoms with Crippen molar-refractivity contribution in [1.29, 1.82) is 0 Å². The molecular weight excluding hydrogens is 354 g/mol. The second-order valence-corrected chi connectivity index (χ2v) is 6.31. The van der Waals surface area contributed by atoms with E-state index in [2.05, 4.69) is 46.8 Å². The zero-order chi connectivity index (χ0) is 20.4. The van der Waals surface area contributed by atoms with Gasteiger partial charge in [-0.1, -0.05) is 31.2 Å². The van der Waals surface area contributed by atoms with Gasteiger partial charge in [-0.3, -0.25) is 4.99 Å². The van der Waals surface area contributed by atoms with Gasteiger partial charge in [-0.05, 0) is 41.7 Å². The summed E-state index contributed by atoms with van der Waals surface area (Å²) < 4.78 is 16.2. The predicted molar refractivity (Wildman–Crippen MR) is 114 cm³/mol. The predicted octanol–water partition coefficient (Wildman–Crippen LogP) is 3.18. The van der Waals surface area contributed by atoms with Gasteiger partial charge in [-0.2, -0.15) is 0 Å². The Balaban J connectivity index is 1.91. The number of ether oxygens (including phenoxy) is 3. The molecule has 0 aliphatic rings. The van der Waals surface area contributed by atoms with Crippen molar-refractivity contribution in [3.63, 3.8) is 0 Å². The van der Waals surface area contributed by atoms with Gasteiger partial charge in [0.05, 0.1) is 21.3 Å². The average molecular weight is 386 g/mol. The van der Waals surface area contributed by atoms with Crippen molar-refractivity contribution in [2.75, 3.05) is 34.9 Å². The first-order valence-corrected chi connectivity index (χ1v) is 9.46. The highest BCUT2D eigenvalue weighted by Crippen LogP contribution is 2.38. The Labute approximate surface area is 167 Å². The van der Waals surface area contributed by atoms with Crippen LogP contribution in [0.1, 0.15) is 23.6 Å². The van der Waals surface area contributed by atoms with Gasteiger partial charge in [0.2, 0.25) is 5.75 Å². The van der Waals surface area contributed by atoms with Crippen LogP contribution in [-0.4, -0.2) is 40.9 Å². The Hall–Kier alpha value is -2.89. The lowest BCUT2D eigenvalue weighted by Crippen LogP contribution is -2.37. The van der Waals surface area contributed by atoms with Crippen molar-refractivity contribution >= 4 is 5.96 Å². The zero-order valence-corrected chi connectivity index (χ0v) is 17.5. The molecule has 28 heavy (non-hydrogen) atoms. The van der Waals surface area contributed by atoms with Gasteiger partial charge >= 0.3 is 0 Å². The van der Waals surface area contributed by atoms with Crippen LogP contribution in [0.4, 0.5) is 0 Å². The van der Waals surface area contributed by atoms with Crippen LogP contribution in [0.5, 0.6) is 17.2 Å². The van der Waals surface area contributed by atoms with Crippen LogP contribution >= 0.6 is 0 Å². The largest absolute Gasteiger partial charge is 0.493 e. The number of hydrogen-bond donors (Lipinski definition) is 2. The second-order valence-electron chi connectivity index (χ2n) is 6.31. The van der Waals surface area contributed by atoms with Gasteiger partial charge in [0.15, 0.2) is 17.5 Å². The van der Waals surface area contributed by atoms with Crippen molar-refractivity contribution in [2.45, 2.75) is 26.3 Å². The molecule has 0 aromatic heterocycles. The number of guanidine groups is 1. The lowest BCUT2D eigenvalue weighted by Gasteiger charge is -2.16. The molecule has 6 nitrogen and oxygen atoms in total. The molecule has 6 heteroatoms. The van der Waals surface area contributed by atoms with Crippen molar-refractivity contribution in [2.24, 2.45) is 4.99 Å². The fourth-order valence-electron chi connectivity index (χ4n) is 2.91. The fourth-order valence-corrected chi connectivity index (χ4v) is 2.91. The fraction of sp³-hybridized carbons (Fsp3) is 0.409. The summed E-state index contributed by atoms with van der Waals surface area (Å²) in [5.41, 5.74) is 3.68. The minimum absolute atomic E-state index is 0.585. The maximum atomic E-state index is 5.40. The van der Waals surface area contributed by atoms with E-state index in [0.29, 0.717) is 23.8 Å². The van der Waals surface area contributed by atoms with E-state index in [9.17, 15) is 0 Å². The lowest BCUT2D eigenvalue weighted by atomic mass is 10.1. The normalized spacial score (nSPS) is 11.1. The number of hydrogen-bond acceptors (Lipinski definition) is 4. The van der Waals surface area contributed by atoms with Crippen LogP contribution in [-0.2, 0) is 19.4 Å². The molecule has 2 aromatic carbocycles. The molecule has 0 aliphatic heterocycles. The Morgan fingerprint density at radius 2 is 1.46 bits per heavy atom. The Morgan fingerprint density at radius 1 is 0.857 bits per heavy atom. The molecule has 0 radical (unpaired) electrons. The number of benzene rings is 2. The maximum Gasteiger partial charge on any atom is 0.203 e. The molecule has 2 rings (SSSR count). The van der Waals surface area contributed by atoms with E-state index in [0.717, 1.165) is 30.9 Å². The molecule has 0 heterocycles. The van der Waals surface area contributed by atoms with Gasteiger partial charge in [-0.15, -0.1) is 0 Å². The zero-order valence-electron chi connectivity index (χ0n) is 17.5. The van der Waals surface area contributed by atoms with Crippen LogP contribution < -0.4 is 24.8 Å². The topological polar surface area (TPSA) is 64.1 Å². The van der Waals surface area contributed by atoms with E-state index in [4.69, 9.17) is 14.2 Å². The summed E-state index contributed by atoms with van der Waals surface area (Å²) in [6.07, 6.45) is 2.00. The van der Waals surface area contributed by atoms with Crippen molar-refractivity contribution in [3.05, 3.63) is 53.1 Å². The highest BCUT2D eigenvalue weighted by molar-refractivity contribution is 5.79. The van der Waals surface area contributed by atoms with E-state index in [1.807, 2.05) is 12.1 Å². The molecule has 0 bridgehead atoms. The van der Waals surface area contributed by atoms with E-state index >= 15 is 0 Å². The minimum Gasteiger partial charge on any atom is -0.493 e. The van der Waals surface area contributed by atoms with E-state index in [-0.39, 0.29) is 0 Å². The van der Waals surface area contributed by atoms with Crippen LogP contribution in [0.2, 0.25) is 0 Å². The summed E-state index contributed by atoms with van der Waals surface area (Å²) in [6.45, 7) is 3.56. The second kappa shape index (κ2) is 11.1. The monoisotopic (exact) mass is 385 g/mol.